The maximum Gasteiger partial charge on any atom is 0.180 e. The summed E-state index contributed by atoms with van der Waals surface area (Å²) in [7, 11) is 0. The molecule has 0 radical (unpaired) electrons. The molecule has 0 aliphatic heterocycles. The van der Waals surface area contributed by atoms with Crippen molar-refractivity contribution in [2.75, 3.05) is 0 Å². The van der Waals surface area contributed by atoms with Crippen LogP contribution in [0.15, 0.2) is 30.7 Å². The Morgan fingerprint density at radius 2 is 2.06 bits per heavy atom. The average molecular weight is 279 g/mol. The topological polar surface area (TPSA) is 54.5 Å². The molecule has 0 spiro atoms. The predicted octanol–water partition coefficient (Wildman–Crippen LogP) is 3.25. The molecule has 3 rings (SSSR count). The molecule has 1 N–H and O–H groups in total. The molecule has 0 bridgehead atoms. The average Bonchev–Trinajstić information content (AvgIpc) is 2.76. The summed E-state index contributed by atoms with van der Waals surface area (Å²) in [6.45, 7) is 0. The zero-order valence-corrected chi connectivity index (χ0v) is 10.7. The molecule has 0 fully saturated rings. The van der Waals surface area contributed by atoms with E-state index < -0.39 is 0 Å². The minimum absolute atomic E-state index is 0.546. The molecule has 90 valence electrons. The fourth-order valence-corrected chi connectivity index (χ4v) is 2.06. The van der Waals surface area contributed by atoms with Gasteiger partial charge >= 0.3 is 0 Å². The second kappa shape index (κ2) is 4.55. The fourth-order valence-electron chi connectivity index (χ4n) is 1.74. The number of imidazole rings is 1. The van der Waals surface area contributed by atoms with Gasteiger partial charge in [-0.1, -0.05) is 29.3 Å². The summed E-state index contributed by atoms with van der Waals surface area (Å²) in [4.78, 5) is 15.6. The molecule has 0 amide bonds. The van der Waals surface area contributed by atoms with Crippen LogP contribution in [0.3, 0.4) is 0 Å². The highest BCUT2D eigenvalue weighted by atomic mass is 35.5. The van der Waals surface area contributed by atoms with Gasteiger partial charge in [0.2, 0.25) is 0 Å². The van der Waals surface area contributed by atoms with Gasteiger partial charge in [0.25, 0.3) is 0 Å². The first-order chi connectivity index (χ1) is 8.72. The molecule has 2 heterocycles. The smallest absolute Gasteiger partial charge is 0.180 e. The monoisotopic (exact) mass is 278 g/mol. The van der Waals surface area contributed by atoms with Crippen LogP contribution in [0, 0.1) is 0 Å². The van der Waals surface area contributed by atoms with Crippen molar-refractivity contribution < 1.29 is 0 Å². The molecule has 18 heavy (non-hydrogen) atoms. The predicted molar refractivity (Wildman–Crippen MR) is 71.0 cm³/mol. The van der Waals surface area contributed by atoms with Crippen molar-refractivity contribution in [2.45, 2.75) is 6.42 Å². The van der Waals surface area contributed by atoms with Crippen LogP contribution < -0.4 is 0 Å². The van der Waals surface area contributed by atoms with E-state index in [0.29, 0.717) is 22.1 Å². The molecule has 0 unspecified atom stereocenters. The van der Waals surface area contributed by atoms with Crippen molar-refractivity contribution in [1.82, 2.24) is 19.9 Å². The van der Waals surface area contributed by atoms with Crippen LogP contribution >= 0.6 is 23.2 Å². The van der Waals surface area contributed by atoms with E-state index in [1.165, 1.54) is 6.33 Å². The molecule has 0 aliphatic rings. The highest BCUT2D eigenvalue weighted by Gasteiger charge is 2.06. The largest absolute Gasteiger partial charge is 0.339 e. The van der Waals surface area contributed by atoms with E-state index in [1.54, 1.807) is 12.3 Å². The summed E-state index contributed by atoms with van der Waals surface area (Å²) in [5, 5.41) is 1.10. The van der Waals surface area contributed by atoms with Crippen LogP contribution in [0.25, 0.3) is 11.2 Å². The Kier molecular flexibility index (Phi) is 2.89. The minimum Gasteiger partial charge on any atom is -0.339 e. The van der Waals surface area contributed by atoms with Crippen molar-refractivity contribution in [3.8, 4) is 0 Å². The number of hydrogen-bond acceptors (Lipinski definition) is 3. The number of benzene rings is 1. The quantitative estimate of drug-likeness (QED) is 0.783. The molecule has 0 atom stereocenters. The maximum atomic E-state index is 5.97. The number of nitrogens with one attached hydrogen (secondary N) is 1. The second-order valence-corrected chi connectivity index (χ2v) is 4.68. The van der Waals surface area contributed by atoms with Gasteiger partial charge in [0.1, 0.15) is 17.7 Å². The third-order valence-corrected chi connectivity index (χ3v) is 3.31. The van der Waals surface area contributed by atoms with Gasteiger partial charge in [-0.2, -0.15) is 0 Å². The Morgan fingerprint density at radius 1 is 1.17 bits per heavy atom. The van der Waals surface area contributed by atoms with Gasteiger partial charge in [-0.15, -0.1) is 0 Å². The fraction of sp³-hybridized carbons (Fsp3) is 0.0833. The van der Waals surface area contributed by atoms with E-state index in [2.05, 4.69) is 19.9 Å². The van der Waals surface area contributed by atoms with Crippen molar-refractivity contribution >= 4 is 34.4 Å². The number of hydrogen-bond donors (Lipinski definition) is 1. The molecule has 1 aromatic carbocycles. The number of aromatic amines is 1. The zero-order valence-electron chi connectivity index (χ0n) is 9.19. The third kappa shape index (κ3) is 2.17. The molecule has 6 heteroatoms. The molecule has 0 saturated carbocycles. The Labute approximate surface area is 113 Å². The van der Waals surface area contributed by atoms with Gasteiger partial charge in [-0.25, -0.2) is 15.0 Å². The second-order valence-electron chi connectivity index (χ2n) is 3.87. The van der Waals surface area contributed by atoms with Crippen molar-refractivity contribution in [3.63, 3.8) is 0 Å². The van der Waals surface area contributed by atoms with Gasteiger partial charge in [0.15, 0.2) is 5.65 Å². The Balaban J connectivity index is 1.93. The first-order valence-electron chi connectivity index (χ1n) is 5.31. The molecule has 3 aromatic rings. The van der Waals surface area contributed by atoms with Crippen molar-refractivity contribution in [3.05, 3.63) is 52.2 Å². The van der Waals surface area contributed by atoms with Gasteiger partial charge < -0.3 is 4.98 Å². The van der Waals surface area contributed by atoms with E-state index in [-0.39, 0.29) is 0 Å². The first-order valence-corrected chi connectivity index (χ1v) is 6.06. The van der Waals surface area contributed by atoms with Crippen molar-refractivity contribution in [2.24, 2.45) is 0 Å². The number of aromatic nitrogens is 4. The van der Waals surface area contributed by atoms with Gasteiger partial charge in [-0.05, 0) is 17.7 Å². The van der Waals surface area contributed by atoms with Crippen LogP contribution in [-0.2, 0) is 6.42 Å². The number of rotatable bonds is 2. The first kappa shape index (κ1) is 11.4. The molecule has 2 aromatic heterocycles. The minimum atomic E-state index is 0.546. The summed E-state index contributed by atoms with van der Waals surface area (Å²) in [5.74, 6) is 0.823. The number of H-pyrrole nitrogens is 1. The van der Waals surface area contributed by atoms with Gasteiger partial charge in [0, 0.05) is 6.42 Å². The van der Waals surface area contributed by atoms with Crippen LogP contribution in [0.2, 0.25) is 10.0 Å². The van der Waals surface area contributed by atoms with E-state index >= 15 is 0 Å². The number of fused-ring (bicyclic) bond motifs is 1. The highest BCUT2D eigenvalue weighted by Crippen LogP contribution is 2.23. The van der Waals surface area contributed by atoms with E-state index in [4.69, 9.17) is 23.2 Å². The summed E-state index contributed by atoms with van der Waals surface area (Å²) in [6, 6.07) is 5.54. The molecular weight excluding hydrogens is 271 g/mol. The lowest BCUT2D eigenvalue weighted by Gasteiger charge is -2.00. The van der Waals surface area contributed by atoms with E-state index in [1.807, 2.05) is 12.1 Å². The zero-order chi connectivity index (χ0) is 12.5. The van der Waals surface area contributed by atoms with Crippen LogP contribution in [0.1, 0.15) is 11.4 Å². The Morgan fingerprint density at radius 3 is 2.83 bits per heavy atom. The lowest BCUT2D eigenvalue weighted by molar-refractivity contribution is 1.03. The van der Waals surface area contributed by atoms with Crippen LogP contribution in [0.5, 0.6) is 0 Å². The SMILES string of the molecule is Clc1ccc(Cc2nc3ncncc3[nH]2)cc1Cl. The summed E-state index contributed by atoms with van der Waals surface area (Å²) in [6.07, 6.45) is 3.83. The molecule has 4 nitrogen and oxygen atoms in total. The summed E-state index contributed by atoms with van der Waals surface area (Å²) < 4.78 is 0. The van der Waals surface area contributed by atoms with Gasteiger partial charge in [0.05, 0.1) is 16.2 Å². The molecule has 0 aliphatic carbocycles. The highest BCUT2D eigenvalue weighted by molar-refractivity contribution is 6.42. The Hall–Kier alpha value is -1.65. The van der Waals surface area contributed by atoms with Crippen LogP contribution in [-0.4, -0.2) is 19.9 Å². The van der Waals surface area contributed by atoms with E-state index in [0.717, 1.165) is 16.9 Å². The molecular formula is C12H8Cl2N4. The number of halogens is 2. The standard InChI is InChI=1S/C12H8Cl2N4/c13-8-2-1-7(3-9(8)14)4-11-17-10-5-15-6-16-12(10)18-11/h1-3,5-6H,4H2,(H,15,16,17,18). The summed E-state index contributed by atoms with van der Waals surface area (Å²) in [5.41, 5.74) is 2.53. The summed E-state index contributed by atoms with van der Waals surface area (Å²) >= 11 is 11.8. The molecule has 0 saturated heterocycles. The third-order valence-electron chi connectivity index (χ3n) is 2.57. The van der Waals surface area contributed by atoms with E-state index in [9.17, 15) is 0 Å². The lowest BCUT2D eigenvalue weighted by atomic mass is 10.1. The lowest BCUT2D eigenvalue weighted by Crippen LogP contribution is -1.90. The van der Waals surface area contributed by atoms with Crippen LogP contribution in [0.4, 0.5) is 0 Å². The Bertz CT molecular complexity index is 675. The van der Waals surface area contributed by atoms with Gasteiger partial charge in [-0.3, -0.25) is 0 Å². The number of nitrogens with zero attached hydrogens (tertiary/aromatic N) is 3. The maximum absolute atomic E-state index is 5.97. The normalized spacial score (nSPS) is 11.0. The van der Waals surface area contributed by atoms with Crippen molar-refractivity contribution in [1.29, 1.82) is 0 Å².